The van der Waals surface area contributed by atoms with E-state index in [2.05, 4.69) is 11.6 Å². The zero-order valence-electron chi connectivity index (χ0n) is 12.0. The summed E-state index contributed by atoms with van der Waals surface area (Å²) >= 11 is 0. The van der Waals surface area contributed by atoms with Gasteiger partial charge in [0.05, 0.1) is 19.2 Å². The molecule has 112 valence electrons. The number of ether oxygens (including phenoxy) is 2. The van der Waals surface area contributed by atoms with Crippen LogP contribution in [0, 0.1) is 0 Å². The van der Waals surface area contributed by atoms with Gasteiger partial charge in [-0.2, -0.15) is 0 Å². The molecule has 3 rings (SSSR count). The molecule has 2 aliphatic heterocycles. The summed E-state index contributed by atoms with van der Waals surface area (Å²) in [5.74, 6) is -0.0409. The highest BCUT2D eigenvalue weighted by atomic mass is 16.5. The lowest BCUT2D eigenvalue weighted by Crippen LogP contribution is -2.44. The van der Waals surface area contributed by atoms with E-state index in [-0.39, 0.29) is 24.2 Å². The number of amides is 1. The van der Waals surface area contributed by atoms with Crippen molar-refractivity contribution in [3.8, 4) is 0 Å². The number of nitrogens with zero attached hydrogens (tertiary/aromatic N) is 2. The van der Waals surface area contributed by atoms with Crippen LogP contribution in [0.5, 0.6) is 0 Å². The van der Waals surface area contributed by atoms with E-state index < -0.39 is 0 Å². The number of carbonyl (C=O) groups excluding carboxylic acids is 1. The molecular formula is C16H20N2O3. The average molecular weight is 288 g/mol. The first-order valence-electron chi connectivity index (χ1n) is 7.37. The van der Waals surface area contributed by atoms with Crippen LogP contribution in [0.25, 0.3) is 0 Å². The molecule has 0 radical (unpaired) electrons. The van der Waals surface area contributed by atoms with Gasteiger partial charge in [0.2, 0.25) is 0 Å². The molecule has 21 heavy (non-hydrogen) atoms. The molecule has 5 heteroatoms. The third kappa shape index (κ3) is 2.84. The summed E-state index contributed by atoms with van der Waals surface area (Å²) in [4.78, 5) is 18.7. The lowest BCUT2D eigenvalue weighted by atomic mass is 10.0. The number of carbonyl (C=O) groups is 1. The van der Waals surface area contributed by atoms with E-state index in [0.717, 1.165) is 19.4 Å². The second-order valence-electron chi connectivity index (χ2n) is 5.38. The van der Waals surface area contributed by atoms with Crippen molar-refractivity contribution in [2.75, 3.05) is 19.8 Å². The van der Waals surface area contributed by atoms with E-state index in [0.29, 0.717) is 18.8 Å². The number of aromatic nitrogens is 1. The third-order valence-corrected chi connectivity index (χ3v) is 4.05. The van der Waals surface area contributed by atoms with Gasteiger partial charge in [-0.3, -0.25) is 9.78 Å². The van der Waals surface area contributed by atoms with Crippen LogP contribution in [-0.2, 0) is 9.47 Å². The lowest BCUT2D eigenvalue weighted by Gasteiger charge is -2.31. The van der Waals surface area contributed by atoms with Gasteiger partial charge in [-0.05, 0) is 25.0 Å². The van der Waals surface area contributed by atoms with Crippen molar-refractivity contribution in [2.45, 2.75) is 31.1 Å². The number of pyridine rings is 1. The van der Waals surface area contributed by atoms with Crippen molar-refractivity contribution >= 4 is 5.91 Å². The van der Waals surface area contributed by atoms with Gasteiger partial charge in [0.25, 0.3) is 5.91 Å². The minimum Gasteiger partial charge on any atom is -0.373 e. The van der Waals surface area contributed by atoms with Gasteiger partial charge in [-0.15, -0.1) is 6.58 Å². The van der Waals surface area contributed by atoms with E-state index in [4.69, 9.17) is 9.47 Å². The van der Waals surface area contributed by atoms with Crippen LogP contribution >= 0.6 is 0 Å². The summed E-state index contributed by atoms with van der Waals surface area (Å²) in [6.07, 6.45) is 5.18. The second-order valence-corrected chi connectivity index (χ2v) is 5.38. The Kier molecular flexibility index (Phi) is 4.31. The molecule has 0 aromatic carbocycles. The minimum absolute atomic E-state index is 0.0358. The molecule has 0 unspecified atom stereocenters. The normalized spacial score (nSPS) is 28.2. The summed E-state index contributed by atoms with van der Waals surface area (Å²) in [7, 11) is 0. The fourth-order valence-corrected chi connectivity index (χ4v) is 3.12. The topological polar surface area (TPSA) is 51.7 Å². The van der Waals surface area contributed by atoms with Gasteiger partial charge < -0.3 is 14.4 Å². The summed E-state index contributed by atoms with van der Waals surface area (Å²) in [5.41, 5.74) is 0.478. The Labute approximate surface area is 124 Å². The van der Waals surface area contributed by atoms with Crippen molar-refractivity contribution in [1.29, 1.82) is 0 Å². The summed E-state index contributed by atoms with van der Waals surface area (Å²) in [5, 5.41) is 0. The molecule has 1 aromatic heterocycles. The largest absolute Gasteiger partial charge is 0.373 e. The van der Waals surface area contributed by atoms with Crippen molar-refractivity contribution in [2.24, 2.45) is 0 Å². The molecule has 2 fully saturated rings. The van der Waals surface area contributed by atoms with Crippen molar-refractivity contribution in [3.05, 3.63) is 42.7 Å². The molecule has 3 heterocycles. The smallest absolute Gasteiger partial charge is 0.272 e. The molecule has 1 aromatic rings. The third-order valence-electron chi connectivity index (χ3n) is 4.05. The Morgan fingerprint density at radius 1 is 1.57 bits per heavy atom. The Morgan fingerprint density at radius 2 is 2.48 bits per heavy atom. The van der Waals surface area contributed by atoms with Crippen LogP contribution in [0.15, 0.2) is 37.1 Å². The molecule has 0 saturated carbocycles. The monoisotopic (exact) mass is 288 g/mol. The standard InChI is InChI=1S/C16H20N2O3/c1-2-9-20-14-11-18(13-7-5-10-21-15(13)14)16(19)12-6-3-4-8-17-12/h2-4,6,8,13-15H,1,5,7,9-11H2/t13-,14+,15+/m0/s1. The summed E-state index contributed by atoms with van der Waals surface area (Å²) in [6.45, 7) is 5.44. The van der Waals surface area contributed by atoms with Gasteiger partial charge in [0.15, 0.2) is 0 Å². The van der Waals surface area contributed by atoms with E-state index in [1.165, 1.54) is 0 Å². The van der Waals surface area contributed by atoms with Crippen LogP contribution in [0.1, 0.15) is 23.3 Å². The highest BCUT2D eigenvalue weighted by molar-refractivity contribution is 5.92. The first-order chi connectivity index (χ1) is 10.3. The van der Waals surface area contributed by atoms with E-state index in [1.54, 1.807) is 18.3 Å². The van der Waals surface area contributed by atoms with Gasteiger partial charge >= 0.3 is 0 Å². The minimum atomic E-state index is -0.0824. The quantitative estimate of drug-likeness (QED) is 0.791. The molecule has 2 aliphatic rings. The highest BCUT2D eigenvalue weighted by Crippen LogP contribution is 2.31. The molecule has 3 atom stereocenters. The zero-order valence-corrected chi connectivity index (χ0v) is 12.0. The van der Waals surface area contributed by atoms with Gasteiger partial charge in [-0.25, -0.2) is 0 Å². The lowest BCUT2D eigenvalue weighted by molar-refractivity contribution is -0.0708. The second kappa shape index (κ2) is 6.37. The molecule has 0 N–H and O–H groups in total. The fraction of sp³-hybridized carbons (Fsp3) is 0.500. The maximum absolute atomic E-state index is 12.7. The van der Waals surface area contributed by atoms with E-state index in [9.17, 15) is 4.79 Å². The molecule has 0 aliphatic carbocycles. The van der Waals surface area contributed by atoms with Gasteiger partial charge in [0.1, 0.15) is 17.9 Å². The fourth-order valence-electron chi connectivity index (χ4n) is 3.12. The van der Waals surface area contributed by atoms with Crippen molar-refractivity contribution in [3.63, 3.8) is 0 Å². The predicted octanol–water partition coefficient (Wildman–Crippen LogP) is 1.66. The number of likely N-dealkylation sites (tertiary alicyclic amines) is 1. The Balaban J connectivity index is 1.78. The Bertz CT molecular complexity index is 506. The molecular weight excluding hydrogens is 268 g/mol. The maximum Gasteiger partial charge on any atom is 0.272 e. The molecule has 0 spiro atoms. The number of fused-ring (bicyclic) bond motifs is 1. The first kappa shape index (κ1) is 14.2. The molecule has 5 nitrogen and oxygen atoms in total. The van der Waals surface area contributed by atoms with Crippen LogP contribution in [0.3, 0.4) is 0 Å². The molecule has 1 amide bonds. The van der Waals surface area contributed by atoms with Crippen LogP contribution < -0.4 is 0 Å². The average Bonchev–Trinajstić information content (AvgIpc) is 2.92. The summed E-state index contributed by atoms with van der Waals surface area (Å²) in [6, 6.07) is 5.47. The summed E-state index contributed by atoms with van der Waals surface area (Å²) < 4.78 is 11.6. The Hall–Kier alpha value is -1.72. The van der Waals surface area contributed by atoms with Crippen LogP contribution in [0.2, 0.25) is 0 Å². The van der Waals surface area contributed by atoms with E-state index >= 15 is 0 Å². The van der Waals surface area contributed by atoms with Crippen molar-refractivity contribution in [1.82, 2.24) is 9.88 Å². The number of hydrogen-bond donors (Lipinski definition) is 0. The van der Waals surface area contributed by atoms with E-state index in [1.807, 2.05) is 17.0 Å². The van der Waals surface area contributed by atoms with Crippen LogP contribution in [0.4, 0.5) is 0 Å². The Morgan fingerprint density at radius 3 is 3.24 bits per heavy atom. The molecule has 2 saturated heterocycles. The SMILES string of the molecule is C=CCO[C@@H]1CN(C(=O)c2ccccn2)[C@H]2CCCO[C@@H]12. The predicted molar refractivity (Wildman–Crippen MR) is 78.0 cm³/mol. The zero-order chi connectivity index (χ0) is 14.7. The number of rotatable bonds is 4. The van der Waals surface area contributed by atoms with Gasteiger partial charge in [-0.1, -0.05) is 12.1 Å². The van der Waals surface area contributed by atoms with Crippen molar-refractivity contribution < 1.29 is 14.3 Å². The maximum atomic E-state index is 12.7. The first-order valence-corrected chi connectivity index (χ1v) is 7.37. The van der Waals surface area contributed by atoms with Gasteiger partial charge in [0, 0.05) is 12.8 Å². The number of hydrogen-bond acceptors (Lipinski definition) is 4. The molecule has 0 bridgehead atoms. The van der Waals surface area contributed by atoms with Crippen LogP contribution in [-0.4, -0.2) is 53.8 Å². The highest BCUT2D eigenvalue weighted by Gasteiger charge is 2.46.